The van der Waals surface area contributed by atoms with Gasteiger partial charge in [0.15, 0.2) is 0 Å². The van der Waals surface area contributed by atoms with Crippen LogP contribution in [-0.2, 0) is 0 Å². The number of rotatable bonds is 8. The molecule has 0 amide bonds. The van der Waals surface area contributed by atoms with Crippen LogP contribution in [0.5, 0.6) is 23.0 Å². The minimum Gasteiger partial charge on any atom is -0.458 e. The molecule has 4 aliphatic rings. The maximum atomic E-state index is 7.82. The van der Waals surface area contributed by atoms with Gasteiger partial charge in [0.2, 0.25) is 0 Å². The predicted octanol–water partition coefficient (Wildman–Crippen LogP) is 14.1. The summed E-state index contributed by atoms with van der Waals surface area (Å²) >= 11 is 3.67. The van der Waals surface area contributed by atoms with E-state index in [4.69, 9.17) is 9.47 Å². The van der Waals surface area contributed by atoms with E-state index < -0.39 is 0 Å². The zero-order valence-corrected chi connectivity index (χ0v) is 41.6. The molecule has 4 nitrogen and oxygen atoms in total. The van der Waals surface area contributed by atoms with E-state index in [0.717, 1.165) is 90.3 Å². The average molecular weight is 981 g/mol. The van der Waals surface area contributed by atoms with Gasteiger partial charge >= 0.3 is 0 Å². The van der Waals surface area contributed by atoms with Gasteiger partial charge in [-0.15, -0.1) is 0 Å². The molecule has 0 N–H and O–H groups in total. The van der Waals surface area contributed by atoms with E-state index in [2.05, 4.69) is 265 Å². The average Bonchev–Trinajstić information content (AvgIpc) is 3.48. The highest BCUT2D eigenvalue weighted by molar-refractivity contribution is 8.00. The Kier molecular flexibility index (Phi) is 10.2. The first kappa shape index (κ1) is 43.1. The SMILES string of the molecule is c1ccc(-c2c3c(c(-c4ccccc4)c4c2Oc2cc(N(c5ccccc5)c5ccccc5)cc5c2B4c2ccccc2S5)B2c4ccccc4Sc4cc(N(c5ccccc5)c5ccccc5)cc(c42)O3)cc1. The third kappa shape index (κ3) is 6.89. The second kappa shape index (κ2) is 17.6. The van der Waals surface area contributed by atoms with E-state index in [-0.39, 0.29) is 13.4 Å². The lowest BCUT2D eigenvalue weighted by Crippen LogP contribution is -2.63. The van der Waals surface area contributed by atoms with Gasteiger partial charge in [0.25, 0.3) is 13.4 Å². The van der Waals surface area contributed by atoms with Crippen LogP contribution in [0.1, 0.15) is 0 Å². The van der Waals surface area contributed by atoms with Crippen molar-refractivity contribution in [1.29, 1.82) is 0 Å². The summed E-state index contributed by atoms with van der Waals surface area (Å²) in [5.41, 5.74) is 17.8. The number of hydrogen-bond donors (Lipinski definition) is 0. The van der Waals surface area contributed by atoms with Crippen molar-refractivity contribution in [2.24, 2.45) is 0 Å². The molecular weight excluding hydrogens is 938 g/mol. The Morgan fingerprint density at radius 2 is 0.608 bits per heavy atom. The summed E-state index contributed by atoms with van der Waals surface area (Å²) in [5, 5.41) is 0. The second-order valence-corrected chi connectivity index (χ2v) is 21.2. The Labute approximate surface area is 440 Å². The van der Waals surface area contributed by atoms with E-state index >= 15 is 0 Å². The number of para-hydroxylation sites is 4. The summed E-state index contributed by atoms with van der Waals surface area (Å²) in [7, 11) is 0. The smallest absolute Gasteiger partial charge is 0.254 e. The molecule has 0 unspecified atom stereocenters. The fourth-order valence-corrected chi connectivity index (χ4v) is 14.2. The molecule has 0 fully saturated rings. The molecular formula is C66H42B2N2O2S2. The van der Waals surface area contributed by atoms with Gasteiger partial charge in [0, 0.05) is 54.5 Å². The highest BCUT2D eigenvalue weighted by Crippen LogP contribution is 2.52. The molecule has 0 bridgehead atoms. The Bertz CT molecular complexity index is 3680. The van der Waals surface area contributed by atoms with Crippen LogP contribution in [0.4, 0.5) is 34.1 Å². The fraction of sp³-hybridized carbons (Fsp3) is 0. The van der Waals surface area contributed by atoms with Gasteiger partial charge in [-0.25, -0.2) is 0 Å². The van der Waals surface area contributed by atoms with Crippen LogP contribution in [0.25, 0.3) is 22.3 Å². The monoisotopic (exact) mass is 980 g/mol. The minimum atomic E-state index is -0.165. The normalized spacial score (nSPS) is 12.9. The Morgan fingerprint density at radius 1 is 0.284 bits per heavy atom. The first-order chi connectivity index (χ1) is 36.7. The number of benzene rings is 11. The molecule has 4 aliphatic heterocycles. The highest BCUT2D eigenvalue weighted by Gasteiger charge is 2.49. The zero-order valence-electron chi connectivity index (χ0n) is 39.9. The van der Waals surface area contributed by atoms with Crippen molar-refractivity contribution < 1.29 is 9.47 Å². The first-order valence-electron chi connectivity index (χ1n) is 25.1. The third-order valence-electron chi connectivity index (χ3n) is 14.8. The molecule has 0 spiro atoms. The summed E-state index contributed by atoms with van der Waals surface area (Å²) in [6.07, 6.45) is 0. The zero-order chi connectivity index (χ0) is 48.7. The van der Waals surface area contributed by atoms with Crippen LogP contribution in [-0.4, -0.2) is 13.4 Å². The molecule has 11 aromatic rings. The lowest BCUT2D eigenvalue weighted by molar-refractivity contribution is 0.468. The van der Waals surface area contributed by atoms with Crippen LogP contribution in [0.2, 0.25) is 0 Å². The summed E-state index contributed by atoms with van der Waals surface area (Å²) in [6, 6.07) is 91.7. The summed E-state index contributed by atoms with van der Waals surface area (Å²) in [6.45, 7) is -0.330. The highest BCUT2D eigenvalue weighted by atomic mass is 32.2. The van der Waals surface area contributed by atoms with Crippen molar-refractivity contribution in [1.82, 2.24) is 0 Å². The van der Waals surface area contributed by atoms with Crippen LogP contribution in [0.3, 0.4) is 0 Å². The minimum absolute atomic E-state index is 0.165. The van der Waals surface area contributed by atoms with Crippen molar-refractivity contribution in [3.05, 3.63) is 255 Å². The molecule has 15 rings (SSSR count). The van der Waals surface area contributed by atoms with E-state index in [1.165, 1.54) is 41.4 Å². The summed E-state index contributed by atoms with van der Waals surface area (Å²) < 4.78 is 15.6. The van der Waals surface area contributed by atoms with Crippen LogP contribution in [0.15, 0.2) is 274 Å². The molecule has 11 aromatic carbocycles. The van der Waals surface area contributed by atoms with Crippen molar-refractivity contribution in [2.45, 2.75) is 19.6 Å². The summed E-state index contributed by atoms with van der Waals surface area (Å²) in [4.78, 5) is 9.52. The standard InChI is InChI=1S/C66H42B2N2O2S2/c1-7-23-43(24-8-1)59-63-65(71-53-39-49(41-57-61(53)67(63)51-35-19-21-37-55(51)73-57)69(45-27-11-3-12-28-45)46-29-13-4-14-30-46)60(44-25-9-2-10-26-44)66-64(59)68-52-36-20-22-38-56(52)74-58-42-50(40-54(72-66)62(58)68)70(47-31-15-5-16-32-47)48-33-17-6-18-34-48/h1-42H. The number of nitrogens with zero attached hydrogens (tertiary/aromatic N) is 2. The number of ether oxygens (including phenoxy) is 2. The second-order valence-electron chi connectivity index (χ2n) is 19.0. The molecule has 4 heterocycles. The van der Waals surface area contributed by atoms with Gasteiger partial charge in [-0.3, -0.25) is 0 Å². The molecule has 0 radical (unpaired) electrons. The van der Waals surface area contributed by atoms with Gasteiger partial charge < -0.3 is 19.3 Å². The Balaban J connectivity index is 1.05. The molecule has 0 atom stereocenters. The molecule has 74 heavy (non-hydrogen) atoms. The maximum Gasteiger partial charge on any atom is 0.254 e. The van der Waals surface area contributed by atoms with Crippen LogP contribution >= 0.6 is 23.5 Å². The van der Waals surface area contributed by atoms with Crippen molar-refractivity contribution >= 4 is 104 Å². The van der Waals surface area contributed by atoms with Gasteiger partial charge in [-0.1, -0.05) is 204 Å². The Morgan fingerprint density at radius 3 is 0.986 bits per heavy atom. The van der Waals surface area contributed by atoms with E-state index in [9.17, 15) is 0 Å². The number of hydrogen-bond acceptors (Lipinski definition) is 6. The fourth-order valence-electron chi connectivity index (χ4n) is 11.8. The maximum absolute atomic E-state index is 7.82. The van der Waals surface area contributed by atoms with Gasteiger partial charge in [0.1, 0.15) is 23.0 Å². The number of anilines is 6. The lowest BCUT2D eigenvalue weighted by atomic mass is 9.30. The van der Waals surface area contributed by atoms with Crippen molar-refractivity contribution in [2.75, 3.05) is 9.80 Å². The van der Waals surface area contributed by atoms with E-state index in [0.29, 0.717) is 0 Å². The predicted molar refractivity (Wildman–Crippen MR) is 310 cm³/mol. The largest absolute Gasteiger partial charge is 0.458 e. The molecule has 346 valence electrons. The van der Waals surface area contributed by atoms with Crippen molar-refractivity contribution in [3.8, 4) is 45.3 Å². The molecule has 0 aliphatic carbocycles. The van der Waals surface area contributed by atoms with Gasteiger partial charge in [0.05, 0.1) is 16.9 Å². The molecule has 0 saturated carbocycles. The topological polar surface area (TPSA) is 24.9 Å². The quantitative estimate of drug-likeness (QED) is 0.141. The lowest BCUT2D eigenvalue weighted by Gasteiger charge is -2.41. The van der Waals surface area contributed by atoms with Crippen molar-refractivity contribution in [3.63, 3.8) is 0 Å². The first-order valence-corrected chi connectivity index (χ1v) is 26.8. The molecule has 0 aromatic heterocycles. The molecule has 0 saturated heterocycles. The van der Waals surface area contributed by atoms with E-state index in [1.807, 2.05) is 23.5 Å². The van der Waals surface area contributed by atoms with E-state index in [1.54, 1.807) is 0 Å². The van der Waals surface area contributed by atoms with Crippen LogP contribution in [0, 0.1) is 0 Å². The van der Waals surface area contributed by atoms with Gasteiger partial charge in [-0.2, -0.15) is 0 Å². The summed E-state index contributed by atoms with van der Waals surface area (Å²) in [5.74, 6) is 3.31. The van der Waals surface area contributed by atoms with Gasteiger partial charge in [-0.05, 0) is 111 Å². The Hall–Kier alpha value is -8.55. The molecule has 8 heteroatoms. The number of fused-ring (bicyclic) bond motifs is 8. The van der Waals surface area contributed by atoms with Crippen LogP contribution < -0.4 is 52.1 Å². The third-order valence-corrected chi connectivity index (χ3v) is 17.1.